The van der Waals surface area contributed by atoms with E-state index in [1.165, 1.54) is 12.8 Å². The molecule has 1 aliphatic heterocycles. The summed E-state index contributed by atoms with van der Waals surface area (Å²) in [5.41, 5.74) is 13.0. The Bertz CT molecular complexity index is 1000. The third kappa shape index (κ3) is 4.19. The van der Waals surface area contributed by atoms with Crippen LogP contribution < -0.4 is 24.8 Å². The van der Waals surface area contributed by atoms with Crippen LogP contribution in [0.1, 0.15) is 107 Å². The van der Waals surface area contributed by atoms with Gasteiger partial charge < -0.3 is 24.8 Å². The number of hydrogen-bond acceptors (Lipinski definition) is 0. The fourth-order valence-electron chi connectivity index (χ4n) is 7.46. The number of fused-ring (bicyclic) bond motifs is 2. The van der Waals surface area contributed by atoms with Gasteiger partial charge in [-0.05, 0) is 0 Å². The van der Waals surface area contributed by atoms with Gasteiger partial charge >= 0.3 is 195 Å². The topological polar surface area (TPSA) is 0 Å². The molecule has 0 amide bonds. The van der Waals surface area contributed by atoms with Crippen LogP contribution in [0.2, 0.25) is 8.26 Å². The molecule has 2 aliphatic carbocycles. The molecule has 1 heterocycles. The monoisotopic (exact) mass is 558 g/mol. The molecular formula is C30H38Cl2Zr. The van der Waals surface area contributed by atoms with Gasteiger partial charge in [-0.3, -0.25) is 0 Å². The van der Waals surface area contributed by atoms with Crippen LogP contribution in [0, 0.1) is 0 Å². The summed E-state index contributed by atoms with van der Waals surface area (Å²) in [6.45, 7) is 14.3. The van der Waals surface area contributed by atoms with Crippen molar-refractivity contribution in [1.29, 1.82) is 0 Å². The summed E-state index contributed by atoms with van der Waals surface area (Å²) >= 11 is -2.65. The normalized spacial score (nSPS) is 21.5. The predicted molar refractivity (Wildman–Crippen MR) is 133 cm³/mol. The molecular weight excluding hydrogens is 522 g/mol. The molecule has 0 N–H and O–H groups in total. The van der Waals surface area contributed by atoms with Crippen molar-refractivity contribution in [2.75, 3.05) is 0 Å². The molecule has 2 aromatic rings. The van der Waals surface area contributed by atoms with Gasteiger partial charge in [-0.1, -0.05) is 0 Å². The van der Waals surface area contributed by atoms with Gasteiger partial charge in [0, 0.05) is 0 Å². The van der Waals surface area contributed by atoms with Crippen LogP contribution in [0.4, 0.5) is 0 Å². The second-order valence-electron chi connectivity index (χ2n) is 11.1. The summed E-state index contributed by atoms with van der Waals surface area (Å²) in [6.07, 6.45) is 8.10. The number of allylic oxidation sites excluding steroid dienone is 2. The first-order valence-corrected chi connectivity index (χ1v) is 18.8. The van der Waals surface area contributed by atoms with Crippen LogP contribution in [-0.2, 0) is 20.3 Å². The molecule has 2 atom stereocenters. The fraction of sp³-hybridized carbons (Fsp3) is 0.467. The molecule has 3 aliphatic rings. The Kier molecular flexibility index (Phi) is 8.31. The van der Waals surface area contributed by atoms with Crippen LogP contribution in [0.25, 0.3) is 12.2 Å². The summed E-state index contributed by atoms with van der Waals surface area (Å²) in [5.74, 6) is 1.19. The van der Waals surface area contributed by atoms with E-state index in [4.69, 9.17) is 0 Å². The van der Waals surface area contributed by atoms with Crippen LogP contribution in [0.15, 0.2) is 47.5 Å². The average Bonchev–Trinajstić information content (AvgIpc) is 3.41. The third-order valence-corrected chi connectivity index (χ3v) is 24.3. The Morgan fingerprint density at radius 3 is 1.42 bits per heavy atom. The van der Waals surface area contributed by atoms with Crippen LogP contribution >= 0.6 is 0 Å². The van der Waals surface area contributed by atoms with Crippen molar-refractivity contribution in [2.45, 2.75) is 81.7 Å². The van der Waals surface area contributed by atoms with Crippen LogP contribution in [0.5, 0.6) is 0 Å². The first-order valence-electron chi connectivity index (χ1n) is 12.5. The zero-order valence-electron chi connectivity index (χ0n) is 21.0. The molecule has 0 saturated carbocycles. The minimum atomic E-state index is -2.65. The minimum absolute atomic E-state index is 0. The molecule has 5 rings (SSSR count). The Balaban J connectivity index is 0.00000153. The molecule has 1 saturated heterocycles. The summed E-state index contributed by atoms with van der Waals surface area (Å²) in [7, 11) is 0. The minimum Gasteiger partial charge on any atom is -1.00 e. The van der Waals surface area contributed by atoms with Crippen molar-refractivity contribution in [2.24, 2.45) is 0 Å². The van der Waals surface area contributed by atoms with Crippen LogP contribution in [0.3, 0.4) is 0 Å². The number of rotatable bonds is 4. The molecule has 176 valence electrons. The van der Waals surface area contributed by atoms with Gasteiger partial charge in [-0.25, -0.2) is 0 Å². The molecule has 0 nitrogen and oxygen atoms in total. The molecule has 2 unspecified atom stereocenters. The van der Waals surface area contributed by atoms with E-state index in [9.17, 15) is 0 Å². The van der Waals surface area contributed by atoms with Gasteiger partial charge in [0.05, 0.1) is 0 Å². The van der Waals surface area contributed by atoms with Gasteiger partial charge in [-0.2, -0.15) is 0 Å². The standard InChI is InChI=1S/2C13H15.C4H8.2ClH.Zr/c2*1-9(2)12-6-4-5-11-7-10(3)8-13(11)12;1-3-4-2;;;/h2*4-9H,1-3H3;1-4H2;2*1H;/q;;;;;+2/p-2. The van der Waals surface area contributed by atoms with Gasteiger partial charge in [0.15, 0.2) is 0 Å². The first-order chi connectivity index (χ1) is 14.8. The number of benzene rings is 2. The summed E-state index contributed by atoms with van der Waals surface area (Å²) in [6, 6.07) is 14.4. The molecule has 1 fully saturated rings. The average molecular weight is 561 g/mol. The van der Waals surface area contributed by atoms with E-state index in [2.05, 4.69) is 90.1 Å². The van der Waals surface area contributed by atoms with Gasteiger partial charge in [0.1, 0.15) is 0 Å². The van der Waals surface area contributed by atoms with Gasteiger partial charge in [-0.15, -0.1) is 0 Å². The second kappa shape index (κ2) is 10.2. The molecule has 0 aromatic heterocycles. The Hall–Kier alpha value is -0.617. The Morgan fingerprint density at radius 1 is 0.667 bits per heavy atom. The molecule has 3 heteroatoms. The van der Waals surface area contributed by atoms with Crippen molar-refractivity contribution in [3.63, 3.8) is 0 Å². The predicted octanol–water partition coefficient (Wildman–Crippen LogP) is 3.34. The molecule has 0 spiro atoms. The van der Waals surface area contributed by atoms with Crippen LogP contribution in [-0.4, -0.2) is 0 Å². The van der Waals surface area contributed by atoms with E-state index in [1.54, 1.807) is 52.8 Å². The maximum absolute atomic E-state index is 2.65. The van der Waals surface area contributed by atoms with Gasteiger partial charge in [0.2, 0.25) is 0 Å². The van der Waals surface area contributed by atoms with Crippen molar-refractivity contribution in [3.05, 3.63) is 80.9 Å². The van der Waals surface area contributed by atoms with Crippen molar-refractivity contribution >= 4 is 12.2 Å². The van der Waals surface area contributed by atoms with E-state index in [1.807, 2.05) is 0 Å². The van der Waals surface area contributed by atoms with E-state index < -0.39 is 20.3 Å². The quantitative estimate of drug-likeness (QED) is 0.538. The maximum Gasteiger partial charge on any atom is -1.00 e. The van der Waals surface area contributed by atoms with E-state index in [0.717, 1.165) is 7.25 Å². The van der Waals surface area contributed by atoms with Crippen molar-refractivity contribution in [3.8, 4) is 0 Å². The second-order valence-corrected chi connectivity index (χ2v) is 22.5. The fourth-order valence-corrected chi connectivity index (χ4v) is 25.4. The molecule has 0 radical (unpaired) electrons. The summed E-state index contributed by atoms with van der Waals surface area (Å²) in [4.78, 5) is 0. The van der Waals surface area contributed by atoms with Gasteiger partial charge in [0.25, 0.3) is 0 Å². The zero-order chi connectivity index (χ0) is 21.9. The summed E-state index contributed by atoms with van der Waals surface area (Å²) < 4.78 is 4.62. The van der Waals surface area contributed by atoms with E-state index in [-0.39, 0.29) is 24.8 Å². The number of halogens is 2. The molecule has 2 aromatic carbocycles. The molecule has 33 heavy (non-hydrogen) atoms. The largest absolute Gasteiger partial charge is 1.00 e. The third-order valence-electron chi connectivity index (χ3n) is 8.55. The van der Waals surface area contributed by atoms with Crippen molar-refractivity contribution in [1.82, 2.24) is 0 Å². The van der Waals surface area contributed by atoms with E-state index in [0.29, 0.717) is 11.8 Å². The Labute approximate surface area is 218 Å². The molecule has 0 bridgehead atoms. The summed E-state index contributed by atoms with van der Waals surface area (Å²) in [5, 5.41) is 0. The zero-order valence-corrected chi connectivity index (χ0v) is 25.0. The van der Waals surface area contributed by atoms with E-state index >= 15 is 0 Å². The Morgan fingerprint density at radius 2 is 1.06 bits per heavy atom. The number of hydrogen-bond donors (Lipinski definition) is 0. The van der Waals surface area contributed by atoms with Crippen molar-refractivity contribution < 1.29 is 45.1 Å². The smallest absolute Gasteiger partial charge is 1.00 e. The maximum atomic E-state index is 2.59. The first kappa shape index (κ1) is 27.0. The SMILES string of the molecule is CC1=Cc2c(C(C)C)cccc2[CH]1[Zr+2]1([CH]2C(C)=Cc3c(C(C)C)cccc32)[CH2]CC[CH2]1.[Cl-].[Cl-].